The summed E-state index contributed by atoms with van der Waals surface area (Å²) in [4.78, 5) is 18.2. The third-order valence-electron chi connectivity index (χ3n) is 1.52. The third-order valence-corrected chi connectivity index (χ3v) is 1.52. The first-order valence-electron chi connectivity index (χ1n) is 3.65. The molecule has 0 radical (unpaired) electrons. The number of aromatic nitrogens is 2. The molecule has 64 valence electrons. The van der Waals surface area contributed by atoms with Gasteiger partial charge in [-0.2, -0.15) is 0 Å². The lowest BCUT2D eigenvalue weighted by atomic mass is 10.2. The standard InChI is InChI=1S/C7H10N4O/c1-3-5-6(11-12)7(8)10-4(2)9-5/h3H2,1-2H3,(H2,8,9,10). The van der Waals surface area contributed by atoms with E-state index in [-0.39, 0.29) is 11.5 Å². The van der Waals surface area contributed by atoms with Crippen molar-refractivity contribution in [1.82, 2.24) is 9.97 Å². The van der Waals surface area contributed by atoms with Gasteiger partial charge in [0.15, 0.2) is 11.5 Å². The smallest absolute Gasteiger partial charge is 0.171 e. The molecule has 0 aliphatic heterocycles. The molecule has 1 rings (SSSR count). The monoisotopic (exact) mass is 166 g/mol. The maximum Gasteiger partial charge on any atom is 0.171 e. The fraction of sp³-hybridized carbons (Fsp3) is 0.429. The third kappa shape index (κ3) is 1.39. The Morgan fingerprint density at radius 3 is 2.67 bits per heavy atom. The van der Waals surface area contributed by atoms with Crippen LogP contribution in [0, 0.1) is 11.8 Å². The van der Waals surface area contributed by atoms with Crippen molar-refractivity contribution in [3.63, 3.8) is 0 Å². The van der Waals surface area contributed by atoms with Gasteiger partial charge in [0.2, 0.25) is 0 Å². The summed E-state index contributed by atoms with van der Waals surface area (Å²) in [5.74, 6) is 0.728. The van der Waals surface area contributed by atoms with E-state index in [9.17, 15) is 4.91 Å². The predicted octanol–water partition coefficient (Wildman–Crippen LogP) is 1.33. The highest BCUT2D eigenvalue weighted by Crippen LogP contribution is 2.23. The molecule has 5 nitrogen and oxygen atoms in total. The Hall–Kier alpha value is -1.52. The maximum absolute atomic E-state index is 10.3. The molecule has 0 aliphatic carbocycles. The van der Waals surface area contributed by atoms with Crippen LogP contribution >= 0.6 is 0 Å². The maximum atomic E-state index is 10.3. The molecule has 1 aromatic rings. The second kappa shape index (κ2) is 3.25. The van der Waals surface area contributed by atoms with Gasteiger partial charge in [0.05, 0.1) is 5.69 Å². The average Bonchev–Trinajstić information content (AvgIpc) is 2.03. The highest BCUT2D eigenvalue weighted by Gasteiger charge is 2.08. The molecule has 0 saturated heterocycles. The van der Waals surface area contributed by atoms with Crippen molar-refractivity contribution in [2.75, 3.05) is 5.73 Å². The summed E-state index contributed by atoms with van der Waals surface area (Å²) in [5, 5.41) is 2.78. The van der Waals surface area contributed by atoms with Crippen LogP contribution in [0.3, 0.4) is 0 Å². The van der Waals surface area contributed by atoms with Crippen molar-refractivity contribution < 1.29 is 0 Å². The van der Waals surface area contributed by atoms with Crippen molar-refractivity contribution in [1.29, 1.82) is 0 Å². The summed E-state index contributed by atoms with van der Waals surface area (Å²) in [7, 11) is 0. The van der Waals surface area contributed by atoms with Gasteiger partial charge in [-0.25, -0.2) is 9.97 Å². The summed E-state index contributed by atoms with van der Waals surface area (Å²) < 4.78 is 0. The van der Waals surface area contributed by atoms with Crippen molar-refractivity contribution in [2.45, 2.75) is 20.3 Å². The number of rotatable bonds is 2. The van der Waals surface area contributed by atoms with Crippen molar-refractivity contribution >= 4 is 11.5 Å². The topological polar surface area (TPSA) is 81.2 Å². The average molecular weight is 166 g/mol. The minimum Gasteiger partial charge on any atom is -0.382 e. The second-order valence-electron chi connectivity index (χ2n) is 2.40. The number of nitroso groups, excluding NO2 is 1. The SMILES string of the molecule is CCc1nc(C)nc(N)c1N=O. The summed E-state index contributed by atoms with van der Waals surface area (Å²) in [6.07, 6.45) is 0.634. The van der Waals surface area contributed by atoms with Crippen LogP contribution in [0.4, 0.5) is 11.5 Å². The molecule has 0 amide bonds. The van der Waals surface area contributed by atoms with E-state index in [1.165, 1.54) is 0 Å². The van der Waals surface area contributed by atoms with Crippen molar-refractivity contribution in [3.05, 3.63) is 16.4 Å². The van der Waals surface area contributed by atoms with Gasteiger partial charge in [-0.3, -0.25) is 0 Å². The Bertz CT molecular complexity index is 311. The molecule has 0 fully saturated rings. The Morgan fingerprint density at radius 2 is 2.17 bits per heavy atom. The van der Waals surface area contributed by atoms with Crippen LogP contribution in [-0.4, -0.2) is 9.97 Å². The summed E-state index contributed by atoms with van der Waals surface area (Å²) in [6, 6.07) is 0. The highest BCUT2D eigenvalue weighted by molar-refractivity contribution is 5.60. The van der Waals surface area contributed by atoms with Gasteiger partial charge in [0.25, 0.3) is 0 Å². The Morgan fingerprint density at radius 1 is 1.50 bits per heavy atom. The van der Waals surface area contributed by atoms with Crippen molar-refractivity contribution in [2.24, 2.45) is 5.18 Å². The number of nitrogens with zero attached hydrogens (tertiary/aromatic N) is 3. The Kier molecular flexibility index (Phi) is 2.32. The van der Waals surface area contributed by atoms with Crippen LogP contribution in [0.1, 0.15) is 18.4 Å². The van der Waals surface area contributed by atoms with E-state index in [1.807, 2.05) is 6.92 Å². The van der Waals surface area contributed by atoms with Crippen LogP contribution in [0.25, 0.3) is 0 Å². The molecule has 12 heavy (non-hydrogen) atoms. The second-order valence-corrected chi connectivity index (χ2v) is 2.40. The molecule has 1 aromatic heterocycles. The normalized spacial score (nSPS) is 9.83. The summed E-state index contributed by atoms with van der Waals surface area (Å²) in [5.41, 5.74) is 6.24. The van der Waals surface area contributed by atoms with E-state index in [0.717, 1.165) is 0 Å². The number of aryl methyl sites for hydroxylation is 2. The summed E-state index contributed by atoms with van der Waals surface area (Å²) in [6.45, 7) is 3.61. The van der Waals surface area contributed by atoms with Gasteiger partial charge >= 0.3 is 0 Å². The molecular weight excluding hydrogens is 156 g/mol. The molecule has 0 unspecified atom stereocenters. The Balaban J connectivity index is 3.33. The molecular formula is C7H10N4O. The van der Waals surface area contributed by atoms with Crippen LogP contribution in [0.2, 0.25) is 0 Å². The largest absolute Gasteiger partial charge is 0.382 e. The first-order valence-corrected chi connectivity index (χ1v) is 3.65. The molecule has 2 N–H and O–H groups in total. The first-order chi connectivity index (χ1) is 5.69. The van der Waals surface area contributed by atoms with Gasteiger partial charge in [-0.15, -0.1) is 4.91 Å². The van der Waals surface area contributed by atoms with Gasteiger partial charge in [-0.05, 0) is 18.5 Å². The zero-order valence-electron chi connectivity index (χ0n) is 7.03. The van der Waals surface area contributed by atoms with E-state index >= 15 is 0 Å². The lowest BCUT2D eigenvalue weighted by Gasteiger charge is -2.02. The van der Waals surface area contributed by atoms with Crippen LogP contribution < -0.4 is 5.73 Å². The lowest BCUT2D eigenvalue weighted by Crippen LogP contribution is -2.00. The zero-order chi connectivity index (χ0) is 9.14. The number of nitrogen functional groups attached to an aromatic ring is 1. The predicted molar refractivity (Wildman–Crippen MR) is 46.0 cm³/mol. The number of nitrogens with two attached hydrogens (primary N) is 1. The molecule has 0 spiro atoms. The molecule has 5 heteroatoms. The van der Waals surface area contributed by atoms with Crippen LogP contribution in [0.15, 0.2) is 5.18 Å². The van der Waals surface area contributed by atoms with E-state index in [4.69, 9.17) is 5.73 Å². The number of anilines is 1. The fourth-order valence-corrected chi connectivity index (χ4v) is 0.994. The molecule has 1 heterocycles. The van der Waals surface area contributed by atoms with Crippen LogP contribution in [-0.2, 0) is 6.42 Å². The van der Waals surface area contributed by atoms with E-state index in [1.54, 1.807) is 6.92 Å². The zero-order valence-corrected chi connectivity index (χ0v) is 7.03. The lowest BCUT2D eigenvalue weighted by molar-refractivity contribution is 0.952. The molecule has 0 bridgehead atoms. The number of hydrogen-bond donors (Lipinski definition) is 1. The van der Waals surface area contributed by atoms with Crippen molar-refractivity contribution in [3.8, 4) is 0 Å². The minimum atomic E-state index is 0.161. The number of hydrogen-bond acceptors (Lipinski definition) is 5. The molecule has 0 atom stereocenters. The van der Waals surface area contributed by atoms with Crippen LogP contribution in [0.5, 0.6) is 0 Å². The molecule has 0 saturated carbocycles. The quantitative estimate of drug-likeness (QED) is 0.672. The highest BCUT2D eigenvalue weighted by atomic mass is 16.3. The minimum absolute atomic E-state index is 0.161. The fourth-order valence-electron chi connectivity index (χ4n) is 0.994. The first kappa shape index (κ1) is 8.58. The van der Waals surface area contributed by atoms with Gasteiger partial charge in [0, 0.05) is 0 Å². The van der Waals surface area contributed by atoms with Gasteiger partial charge in [0.1, 0.15) is 5.82 Å². The van der Waals surface area contributed by atoms with Gasteiger partial charge in [-0.1, -0.05) is 6.92 Å². The van der Waals surface area contributed by atoms with E-state index in [2.05, 4.69) is 15.1 Å². The molecule has 0 aromatic carbocycles. The summed E-state index contributed by atoms with van der Waals surface area (Å²) >= 11 is 0. The molecule has 0 aliphatic rings. The van der Waals surface area contributed by atoms with E-state index in [0.29, 0.717) is 17.9 Å². The Labute approximate surface area is 70.0 Å². The van der Waals surface area contributed by atoms with E-state index < -0.39 is 0 Å². The van der Waals surface area contributed by atoms with Gasteiger partial charge < -0.3 is 5.73 Å².